The number of hydrogen-bond acceptors (Lipinski definition) is 4. The second kappa shape index (κ2) is 5.40. The number of anilines is 1. The number of nitrogens with zero attached hydrogens (tertiary/aromatic N) is 3. The predicted molar refractivity (Wildman–Crippen MR) is 74.5 cm³/mol. The molecule has 0 bridgehead atoms. The minimum Gasteiger partial charge on any atom is -0.439 e. The van der Waals surface area contributed by atoms with Crippen molar-refractivity contribution in [2.75, 3.05) is 19.0 Å². The van der Waals surface area contributed by atoms with Gasteiger partial charge in [0.1, 0.15) is 5.75 Å². The van der Waals surface area contributed by atoms with Crippen LogP contribution in [0.5, 0.6) is 11.6 Å². The molecule has 0 amide bonds. The average Bonchev–Trinajstić information content (AvgIpc) is 2.38. The van der Waals surface area contributed by atoms with E-state index in [9.17, 15) is 0 Å². The van der Waals surface area contributed by atoms with Crippen molar-refractivity contribution in [1.29, 1.82) is 5.26 Å². The smallest absolute Gasteiger partial charge is 0.220 e. The molecule has 0 unspecified atom stereocenters. The first kappa shape index (κ1) is 12.9. The van der Waals surface area contributed by atoms with Crippen LogP contribution in [0, 0.1) is 18.3 Å². The van der Waals surface area contributed by atoms with E-state index in [4.69, 9.17) is 10.00 Å². The number of pyridine rings is 1. The molecule has 1 heterocycles. The molecule has 0 saturated carbocycles. The van der Waals surface area contributed by atoms with Gasteiger partial charge >= 0.3 is 0 Å². The van der Waals surface area contributed by atoms with Crippen molar-refractivity contribution >= 4 is 5.69 Å². The highest BCUT2D eigenvalue weighted by Crippen LogP contribution is 2.24. The molecule has 1 aromatic heterocycles. The second-order valence-electron chi connectivity index (χ2n) is 4.44. The molecule has 0 aliphatic heterocycles. The van der Waals surface area contributed by atoms with Gasteiger partial charge in [-0.2, -0.15) is 5.26 Å². The molecule has 0 atom stereocenters. The lowest BCUT2D eigenvalue weighted by molar-refractivity contribution is 0.461. The highest BCUT2D eigenvalue weighted by Gasteiger charge is 2.04. The summed E-state index contributed by atoms with van der Waals surface area (Å²) in [5.41, 5.74) is 2.36. The lowest BCUT2D eigenvalue weighted by atomic mass is 10.2. The minimum atomic E-state index is 0.437. The Morgan fingerprint density at radius 2 is 2.00 bits per heavy atom. The molecular formula is C15H15N3O. The maximum absolute atomic E-state index is 8.93. The van der Waals surface area contributed by atoms with E-state index in [1.54, 1.807) is 12.1 Å². The normalized spacial score (nSPS) is 9.79. The summed E-state index contributed by atoms with van der Waals surface area (Å²) in [7, 11) is 3.94. The largest absolute Gasteiger partial charge is 0.439 e. The van der Waals surface area contributed by atoms with E-state index in [-0.39, 0.29) is 0 Å². The quantitative estimate of drug-likeness (QED) is 0.843. The van der Waals surface area contributed by atoms with Crippen molar-refractivity contribution in [3.63, 3.8) is 0 Å². The molecule has 4 heteroatoms. The van der Waals surface area contributed by atoms with Gasteiger partial charge in [-0.05, 0) is 25.1 Å². The molecule has 2 rings (SSSR count). The molecule has 0 aliphatic rings. The van der Waals surface area contributed by atoms with E-state index < -0.39 is 0 Å². The Hall–Kier alpha value is -2.54. The van der Waals surface area contributed by atoms with Crippen LogP contribution in [-0.4, -0.2) is 19.1 Å². The van der Waals surface area contributed by atoms with Crippen LogP contribution in [-0.2, 0) is 0 Å². The zero-order chi connectivity index (χ0) is 13.8. The maximum atomic E-state index is 8.93. The Kier molecular flexibility index (Phi) is 3.67. The Bertz CT molecular complexity index is 630. The third-order valence-corrected chi connectivity index (χ3v) is 2.62. The van der Waals surface area contributed by atoms with E-state index in [1.807, 2.05) is 50.2 Å². The first-order chi connectivity index (χ1) is 9.08. The SMILES string of the molecule is Cc1cc(C#N)cc(Oc2cccc(N(C)C)c2)n1. The number of aromatic nitrogens is 1. The molecule has 96 valence electrons. The molecule has 0 aliphatic carbocycles. The lowest BCUT2D eigenvalue weighted by Crippen LogP contribution is -2.08. The van der Waals surface area contributed by atoms with E-state index >= 15 is 0 Å². The summed E-state index contributed by atoms with van der Waals surface area (Å²) in [6, 6.07) is 13.2. The van der Waals surface area contributed by atoms with E-state index in [1.165, 1.54) is 0 Å². The van der Waals surface area contributed by atoms with Gasteiger partial charge in [0.25, 0.3) is 0 Å². The number of hydrogen-bond donors (Lipinski definition) is 0. The van der Waals surface area contributed by atoms with E-state index in [2.05, 4.69) is 11.1 Å². The zero-order valence-electron chi connectivity index (χ0n) is 11.2. The van der Waals surface area contributed by atoms with Crippen LogP contribution in [0.25, 0.3) is 0 Å². The summed E-state index contributed by atoms with van der Waals surface area (Å²) in [6.45, 7) is 1.84. The van der Waals surface area contributed by atoms with Crippen LogP contribution in [0.15, 0.2) is 36.4 Å². The van der Waals surface area contributed by atoms with Gasteiger partial charge in [-0.25, -0.2) is 4.98 Å². The van der Waals surface area contributed by atoms with Gasteiger partial charge in [-0.3, -0.25) is 0 Å². The number of benzene rings is 1. The molecule has 0 saturated heterocycles. The molecule has 0 N–H and O–H groups in total. The first-order valence-corrected chi connectivity index (χ1v) is 5.92. The van der Waals surface area contributed by atoms with Gasteiger partial charge in [0.2, 0.25) is 5.88 Å². The van der Waals surface area contributed by atoms with Gasteiger partial charge in [-0.15, -0.1) is 0 Å². The minimum absolute atomic E-state index is 0.437. The molecule has 4 nitrogen and oxygen atoms in total. The first-order valence-electron chi connectivity index (χ1n) is 5.92. The van der Waals surface area contributed by atoms with Crippen LogP contribution in [0.3, 0.4) is 0 Å². The van der Waals surface area contributed by atoms with Gasteiger partial charge in [0.05, 0.1) is 11.6 Å². The highest BCUT2D eigenvalue weighted by molar-refractivity contribution is 5.50. The van der Waals surface area contributed by atoms with Crippen molar-refractivity contribution in [3.05, 3.63) is 47.7 Å². The topological polar surface area (TPSA) is 49.1 Å². The fourth-order valence-electron chi connectivity index (χ4n) is 1.70. The molecule has 0 radical (unpaired) electrons. The summed E-state index contributed by atoms with van der Waals surface area (Å²) in [5, 5.41) is 8.93. The third-order valence-electron chi connectivity index (χ3n) is 2.62. The zero-order valence-corrected chi connectivity index (χ0v) is 11.2. The van der Waals surface area contributed by atoms with E-state index in [0.29, 0.717) is 17.2 Å². The number of nitriles is 1. The fourth-order valence-corrected chi connectivity index (χ4v) is 1.70. The summed E-state index contributed by atoms with van der Waals surface area (Å²) < 4.78 is 5.70. The molecule has 2 aromatic rings. The predicted octanol–water partition coefficient (Wildman–Crippen LogP) is 3.12. The number of aryl methyl sites for hydroxylation is 1. The van der Waals surface area contributed by atoms with Crippen LogP contribution in [0.1, 0.15) is 11.3 Å². The maximum Gasteiger partial charge on any atom is 0.220 e. The van der Waals surface area contributed by atoms with Gasteiger partial charge in [0, 0.05) is 37.6 Å². The highest BCUT2D eigenvalue weighted by atomic mass is 16.5. The van der Waals surface area contributed by atoms with Crippen molar-refractivity contribution in [3.8, 4) is 17.7 Å². The molecule has 19 heavy (non-hydrogen) atoms. The number of ether oxygens (including phenoxy) is 1. The molecule has 1 aromatic carbocycles. The summed E-state index contributed by atoms with van der Waals surface area (Å²) in [4.78, 5) is 6.26. The van der Waals surface area contributed by atoms with Gasteiger partial charge in [0.15, 0.2) is 0 Å². The van der Waals surface area contributed by atoms with Crippen LogP contribution in [0.4, 0.5) is 5.69 Å². The number of rotatable bonds is 3. The Morgan fingerprint density at radius 1 is 1.21 bits per heavy atom. The van der Waals surface area contributed by atoms with Crippen LogP contribution >= 0.6 is 0 Å². The second-order valence-corrected chi connectivity index (χ2v) is 4.44. The monoisotopic (exact) mass is 253 g/mol. The summed E-state index contributed by atoms with van der Waals surface area (Å²) >= 11 is 0. The van der Waals surface area contributed by atoms with Gasteiger partial charge in [-0.1, -0.05) is 6.07 Å². The van der Waals surface area contributed by atoms with Crippen molar-refractivity contribution in [2.24, 2.45) is 0 Å². The molecule has 0 fully saturated rings. The van der Waals surface area contributed by atoms with Crippen LogP contribution in [0.2, 0.25) is 0 Å². The Morgan fingerprint density at radius 3 is 2.68 bits per heavy atom. The lowest BCUT2D eigenvalue weighted by Gasteiger charge is -2.13. The fraction of sp³-hybridized carbons (Fsp3) is 0.200. The summed E-state index contributed by atoms with van der Waals surface area (Å²) in [5.74, 6) is 1.14. The van der Waals surface area contributed by atoms with Crippen molar-refractivity contribution in [2.45, 2.75) is 6.92 Å². The standard InChI is InChI=1S/C15H15N3O/c1-11-7-12(10-16)8-15(17-11)19-14-6-4-5-13(9-14)18(2)3/h4-9H,1-3H3. The summed E-state index contributed by atoms with van der Waals surface area (Å²) in [6.07, 6.45) is 0. The van der Waals surface area contributed by atoms with Crippen molar-refractivity contribution in [1.82, 2.24) is 4.98 Å². The van der Waals surface area contributed by atoms with Crippen LogP contribution < -0.4 is 9.64 Å². The average molecular weight is 253 g/mol. The third kappa shape index (κ3) is 3.23. The Balaban J connectivity index is 2.28. The Labute approximate surface area is 112 Å². The molecule has 0 spiro atoms. The van der Waals surface area contributed by atoms with Gasteiger partial charge < -0.3 is 9.64 Å². The molecular weight excluding hydrogens is 238 g/mol. The van der Waals surface area contributed by atoms with E-state index in [0.717, 1.165) is 11.4 Å². The van der Waals surface area contributed by atoms with Crippen molar-refractivity contribution < 1.29 is 4.74 Å².